The Kier molecular flexibility index (Phi) is 3.49. The van der Waals surface area contributed by atoms with E-state index in [0.29, 0.717) is 24.5 Å². The molecule has 1 aliphatic carbocycles. The molecule has 1 saturated carbocycles. The molecular weight excluding hydrogens is 323 g/mol. The number of anilines is 1. The molecule has 0 unspecified atom stereocenters. The first-order valence-electron chi connectivity index (χ1n) is 8.37. The lowest BCUT2D eigenvalue weighted by Crippen LogP contribution is -2.45. The van der Waals surface area contributed by atoms with Gasteiger partial charge >= 0.3 is 5.97 Å². The Hall–Kier alpha value is -2.57. The number of fused-ring (bicyclic) bond motifs is 1. The molecule has 2 aliphatic rings. The third-order valence-electron chi connectivity index (χ3n) is 5.47. The number of alkyl halides is 1. The van der Waals surface area contributed by atoms with Gasteiger partial charge in [0.2, 0.25) is 0 Å². The van der Waals surface area contributed by atoms with Gasteiger partial charge in [0, 0.05) is 30.6 Å². The topological polar surface area (TPSA) is 79.2 Å². The van der Waals surface area contributed by atoms with Gasteiger partial charge in [-0.25, -0.2) is 14.4 Å². The van der Waals surface area contributed by atoms with Crippen molar-refractivity contribution in [2.45, 2.75) is 31.9 Å². The molecule has 130 valence electrons. The second kappa shape index (κ2) is 5.47. The molecule has 0 aromatic carbocycles. The van der Waals surface area contributed by atoms with Crippen molar-refractivity contribution >= 4 is 11.8 Å². The number of nitrogens with zero attached hydrogens (tertiary/aromatic N) is 4. The van der Waals surface area contributed by atoms with E-state index >= 15 is 4.39 Å². The molecule has 4 rings (SSSR count). The molecule has 25 heavy (non-hydrogen) atoms. The Morgan fingerprint density at radius 2 is 2.00 bits per heavy atom. The van der Waals surface area contributed by atoms with E-state index in [1.54, 1.807) is 30.3 Å². The second-order valence-corrected chi connectivity index (χ2v) is 6.96. The van der Waals surface area contributed by atoms with E-state index in [4.69, 9.17) is 0 Å². The third-order valence-corrected chi connectivity index (χ3v) is 5.47. The fourth-order valence-corrected chi connectivity index (χ4v) is 4.18. The maximum absolute atomic E-state index is 15.4. The summed E-state index contributed by atoms with van der Waals surface area (Å²) in [5, 5.41) is 9.68. The average molecular weight is 342 g/mol. The third kappa shape index (κ3) is 2.37. The first kappa shape index (κ1) is 15.9. The minimum absolute atomic E-state index is 0.0611. The van der Waals surface area contributed by atoms with Gasteiger partial charge in [-0.2, -0.15) is 0 Å². The number of hydrogen-bond donors (Lipinski definition) is 1. The molecule has 6 nitrogen and oxygen atoms in total. The van der Waals surface area contributed by atoms with E-state index in [0.717, 1.165) is 11.3 Å². The highest BCUT2D eigenvalue weighted by molar-refractivity contribution is 5.80. The molecule has 7 heteroatoms. The van der Waals surface area contributed by atoms with E-state index in [-0.39, 0.29) is 19.5 Å². The van der Waals surface area contributed by atoms with Gasteiger partial charge in [0.25, 0.3) is 0 Å². The Morgan fingerprint density at radius 3 is 2.68 bits per heavy atom. The van der Waals surface area contributed by atoms with Crippen LogP contribution in [0.3, 0.4) is 0 Å². The van der Waals surface area contributed by atoms with Crippen LogP contribution in [0.1, 0.15) is 25.1 Å². The first-order chi connectivity index (χ1) is 11.9. The molecule has 1 N–H and O–H groups in total. The number of hydrogen-bond acceptors (Lipinski definition) is 5. The number of halogens is 1. The number of aliphatic carboxylic acids is 1. The summed E-state index contributed by atoms with van der Waals surface area (Å²) in [4.78, 5) is 26.5. The number of pyridine rings is 1. The molecule has 0 radical (unpaired) electrons. The highest BCUT2D eigenvalue weighted by Crippen LogP contribution is 2.55. The predicted octanol–water partition coefficient (Wildman–Crippen LogP) is 2.63. The summed E-state index contributed by atoms with van der Waals surface area (Å²) in [6, 6.07) is 5.49. The van der Waals surface area contributed by atoms with Gasteiger partial charge in [0.15, 0.2) is 0 Å². The van der Waals surface area contributed by atoms with Crippen LogP contribution in [0.25, 0.3) is 11.3 Å². The largest absolute Gasteiger partial charge is 0.481 e. The lowest BCUT2D eigenvalue weighted by molar-refractivity contribution is -0.153. The van der Waals surface area contributed by atoms with Gasteiger partial charge in [0.05, 0.1) is 12.2 Å². The van der Waals surface area contributed by atoms with Crippen LogP contribution in [-0.2, 0) is 4.79 Å². The number of carbonyl (C=O) groups is 1. The summed E-state index contributed by atoms with van der Waals surface area (Å²) < 4.78 is 15.4. The van der Waals surface area contributed by atoms with E-state index in [1.165, 1.54) is 0 Å². The van der Waals surface area contributed by atoms with Crippen molar-refractivity contribution in [1.82, 2.24) is 15.0 Å². The van der Waals surface area contributed by atoms with Crippen LogP contribution >= 0.6 is 0 Å². The SMILES string of the molecule is Cc1nc(-c2ccncc2)cc(N2C[C@@]3(F)CCC[C@@]3(C(=O)O)C2)n1. The highest BCUT2D eigenvalue weighted by Gasteiger charge is 2.66. The number of rotatable bonds is 3. The predicted molar refractivity (Wildman–Crippen MR) is 90.0 cm³/mol. The first-order valence-corrected chi connectivity index (χ1v) is 8.37. The van der Waals surface area contributed by atoms with Crippen LogP contribution in [0, 0.1) is 12.3 Å². The van der Waals surface area contributed by atoms with Crippen molar-refractivity contribution in [3.05, 3.63) is 36.4 Å². The van der Waals surface area contributed by atoms with Crippen LogP contribution in [0.2, 0.25) is 0 Å². The molecule has 0 spiro atoms. The highest BCUT2D eigenvalue weighted by atomic mass is 19.1. The lowest BCUT2D eigenvalue weighted by Gasteiger charge is -2.27. The smallest absolute Gasteiger partial charge is 0.314 e. The summed E-state index contributed by atoms with van der Waals surface area (Å²) in [5.41, 5.74) is -1.42. The summed E-state index contributed by atoms with van der Waals surface area (Å²) in [6.07, 6.45) is 4.64. The molecule has 0 amide bonds. The summed E-state index contributed by atoms with van der Waals surface area (Å²) >= 11 is 0. The van der Waals surface area contributed by atoms with Gasteiger partial charge < -0.3 is 10.0 Å². The summed E-state index contributed by atoms with van der Waals surface area (Å²) in [7, 11) is 0. The fraction of sp³-hybridized carbons (Fsp3) is 0.444. The molecular formula is C18H19FN4O2. The molecule has 1 saturated heterocycles. The van der Waals surface area contributed by atoms with Gasteiger partial charge in [-0.15, -0.1) is 0 Å². The average Bonchev–Trinajstić information content (AvgIpc) is 3.06. The molecule has 0 bridgehead atoms. The van der Waals surface area contributed by atoms with Gasteiger partial charge in [-0.1, -0.05) is 0 Å². The van der Waals surface area contributed by atoms with Gasteiger partial charge in [-0.05, 0) is 38.3 Å². The second-order valence-electron chi connectivity index (χ2n) is 6.96. The molecule has 3 heterocycles. The minimum atomic E-state index is -1.70. The van der Waals surface area contributed by atoms with E-state index in [9.17, 15) is 9.90 Å². The van der Waals surface area contributed by atoms with Gasteiger partial charge in [0.1, 0.15) is 22.7 Å². The fourth-order valence-electron chi connectivity index (χ4n) is 4.18. The zero-order valence-corrected chi connectivity index (χ0v) is 13.9. The zero-order chi connectivity index (χ0) is 17.7. The molecule has 2 atom stereocenters. The Labute approximate surface area is 144 Å². The van der Waals surface area contributed by atoms with Crippen molar-refractivity contribution in [1.29, 1.82) is 0 Å². The van der Waals surface area contributed by atoms with Crippen molar-refractivity contribution in [3.63, 3.8) is 0 Å². The molecule has 2 aromatic rings. The minimum Gasteiger partial charge on any atom is -0.481 e. The quantitative estimate of drug-likeness (QED) is 0.924. The summed E-state index contributed by atoms with van der Waals surface area (Å²) in [5.74, 6) is 0.0974. The van der Waals surface area contributed by atoms with Crippen LogP contribution < -0.4 is 4.90 Å². The van der Waals surface area contributed by atoms with Gasteiger partial charge in [-0.3, -0.25) is 9.78 Å². The monoisotopic (exact) mass is 342 g/mol. The number of aryl methyl sites for hydroxylation is 1. The maximum atomic E-state index is 15.4. The van der Waals surface area contributed by atoms with Crippen molar-refractivity contribution in [3.8, 4) is 11.3 Å². The number of carboxylic acid groups (broad SMARTS) is 1. The Morgan fingerprint density at radius 1 is 1.24 bits per heavy atom. The van der Waals surface area contributed by atoms with Crippen LogP contribution in [-0.4, -0.2) is 44.8 Å². The molecule has 2 aromatic heterocycles. The maximum Gasteiger partial charge on any atom is 0.314 e. The standard InChI is InChI=1S/C18H19FN4O2/c1-12-21-14(13-3-7-20-8-4-13)9-15(22-12)23-10-17(16(24)25)5-2-6-18(17,19)11-23/h3-4,7-9H,2,5-6,10-11H2,1H3,(H,24,25)/t17-,18-/m0/s1. The van der Waals surface area contributed by atoms with Crippen LogP contribution in [0.5, 0.6) is 0 Å². The van der Waals surface area contributed by atoms with E-state index in [2.05, 4.69) is 15.0 Å². The number of carboxylic acids is 1. The lowest BCUT2D eigenvalue weighted by atomic mass is 9.78. The molecule has 2 fully saturated rings. The van der Waals surface area contributed by atoms with E-state index < -0.39 is 17.1 Å². The van der Waals surface area contributed by atoms with Crippen molar-refractivity contribution in [2.75, 3.05) is 18.0 Å². The Bertz CT molecular complexity index is 831. The normalized spacial score (nSPS) is 28.2. The number of aromatic nitrogens is 3. The van der Waals surface area contributed by atoms with E-state index in [1.807, 2.05) is 12.1 Å². The van der Waals surface area contributed by atoms with Crippen LogP contribution in [0.15, 0.2) is 30.6 Å². The summed E-state index contributed by atoms with van der Waals surface area (Å²) in [6.45, 7) is 1.99. The van der Waals surface area contributed by atoms with Crippen molar-refractivity contribution in [2.24, 2.45) is 5.41 Å². The zero-order valence-electron chi connectivity index (χ0n) is 13.9. The Balaban J connectivity index is 1.72. The molecule has 1 aliphatic heterocycles. The van der Waals surface area contributed by atoms with Crippen molar-refractivity contribution < 1.29 is 14.3 Å². The van der Waals surface area contributed by atoms with Crippen LogP contribution in [0.4, 0.5) is 10.2 Å².